The molecule has 1 aromatic rings. The number of rotatable bonds is 5. The van der Waals surface area contributed by atoms with Crippen LogP contribution in [0.15, 0.2) is 24.3 Å². The van der Waals surface area contributed by atoms with Crippen molar-refractivity contribution in [2.75, 3.05) is 32.8 Å². The summed E-state index contributed by atoms with van der Waals surface area (Å²) in [5.41, 5.74) is 0.611. The molecule has 0 radical (unpaired) electrons. The molecule has 1 N–H and O–H groups in total. The Balaban J connectivity index is 1.40. The lowest BCUT2D eigenvalue weighted by Crippen LogP contribution is -2.73. The number of amides is 2. The highest BCUT2D eigenvalue weighted by Gasteiger charge is 2.52. The summed E-state index contributed by atoms with van der Waals surface area (Å²) in [7, 11) is 0. The third-order valence-electron chi connectivity index (χ3n) is 5.89. The number of ether oxygens (including phenoxy) is 1. The second-order valence-corrected chi connectivity index (χ2v) is 8.90. The average molecular weight is 396 g/mol. The monoisotopic (exact) mass is 396 g/mol. The molecule has 3 aliphatic rings. The molecule has 1 atom stereocenters. The van der Waals surface area contributed by atoms with Crippen molar-refractivity contribution in [3.63, 3.8) is 0 Å². The summed E-state index contributed by atoms with van der Waals surface area (Å²) in [4.78, 5) is 29.4. The number of carbonyl (C=O) groups is 2. The first kappa shape index (κ1) is 19.9. The number of benzene rings is 1. The molecule has 2 aliphatic heterocycles. The maximum absolute atomic E-state index is 12.8. The van der Waals surface area contributed by atoms with Crippen LogP contribution in [0, 0.1) is 17.2 Å². The predicted molar refractivity (Wildman–Crippen MR) is 107 cm³/mol. The highest BCUT2D eigenvalue weighted by molar-refractivity contribution is 5.95. The summed E-state index contributed by atoms with van der Waals surface area (Å²) < 4.78 is 6.16. The highest BCUT2D eigenvalue weighted by Crippen LogP contribution is 2.36. The van der Waals surface area contributed by atoms with Crippen molar-refractivity contribution >= 4 is 11.8 Å². The normalized spacial score (nSPS) is 23.5. The lowest BCUT2D eigenvalue weighted by molar-refractivity contribution is -0.192. The standard InChI is InChI=1S/C22H28N4O3/c1-15(2)24-20(27)19-11-29-22(12-25(19)10-16-6-7-16)13-26(14-22)21(28)18-5-3-4-17(8-18)9-23/h3-5,8,15-16,19H,6-7,10-14H2,1-2H3,(H,24,27). The van der Waals surface area contributed by atoms with Gasteiger partial charge in [-0.05, 0) is 50.8 Å². The Morgan fingerprint density at radius 2 is 2.07 bits per heavy atom. The Bertz CT molecular complexity index is 837. The zero-order valence-electron chi connectivity index (χ0n) is 17.1. The Labute approximate surface area is 171 Å². The third kappa shape index (κ3) is 4.29. The molecular formula is C22H28N4O3. The van der Waals surface area contributed by atoms with Gasteiger partial charge in [0.15, 0.2) is 0 Å². The van der Waals surface area contributed by atoms with Crippen LogP contribution in [0.1, 0.15) is 42.6 Å². The summed E-state index contributed by atoms with van der Waals surface area (Å²) in [6.07, 6.45) is 2.45. The maximum Gasteiger partial charge on any atom is 0.254 e. The topological polar surface area (TPSA) is 85.7 Å². The SMILES string of the molecule is CC(C)NC(=O)C1COC2(CN(C(=O)c3cccc(C#N)c3)C2)CN1CC1CC1. The zero-order valence-corrected chi connectivity index (χ0v) is 17.1. The number of carbonyl (C=O) groups excluding carboxylic acids is 2. The molecule has 0 bridgehead atoms. The summed E-state index contributed by atoms with van der Waals surface area (Å²) in [5, 5.41) is 12.1. The molecule has 0 aromatic heterocycles. The summed E-state index contributed by atoms with van der Waals surface area (Å²) in [5.74, 6) is 0.617. The number of nitrogens with one attached hydrogen (secondary N) is 1. The van der Waals surface area contributed by atoms with E-state index in [1.165, 1.54) is 12.8 Å². The fourth-order valence-corrected chi connectivity index (χ4v) is 4.22. The fourth-order valence-electron chi connectivity index (χ4n) is 4.22. The van der Waals surface area contributed by atoms with Gasteiger partial charge in [0, 0.05) is 24.7 Å². The summed E-state index contributed by atoms with van der Waals surface area (Å²) in [6, 6.07) is 8.69. The van der Waals surface area contributed by atoms with Crippen molar-refractivity contribution in [2.45, 2.75) is 44.4 Å². The quantitative estimate of drug-likeness (QED) is 0.813. The zero-order chi connectivity index (χ0) is 20.6. The molecule has 7 heteroatoms. The number of hydrogen-bond donors (Lipinski definition) is 1. The van der Waals surface area contributed by atoms with E-state index >= 15 is 0 Å². The number of nitriles is 1. The first-order valence-corrected chi connectivity index (χ1v) is 10.4. The predicted octanol–water partition coefficient (Wildman–Crippen LogP) is 1.39. The first-order chi connectivity index (χ1) is 13.9. The number of nitrogens with zero attached hydrogens (tertiary/aromatic N) is 3. The van der Waals surface area contributed by atoms with E-state index in [-0.39, 0.29) is 23.9 Å². The van der Waals surface area contributed by atoms with Gasteiger partial charge in [-0.2, -0.15) is 5.26 Å². The van der Waals surface area contributed by atoms with Gasteiger partial charge in [0.2, 0.25) is 5.91 Å². The van der Waals surface area contributed by atoms with Crippen LogP contribution in [0.2, 0.25) is 0 Å². The van der Waals surface area contributed by atoms with Crippen LogP contribution in [0.4, 0.5) is 0 Å². The van der Waals surface area contributed by atoms with Gasteiger partial charge in [-0.25, -0.2) is 0 Å². The molecule has 154 valence electrons. The van der Waals surface area contributed by atoms with Gasteiger partial charge in [-0.3, -0.25) is 14.5 Å². The Morgan fingerprint density at radius 1 is 1.31 bits per heavy atom. The largest absolute Gasteiger partial charge is 0.368 e. The molecule has 1 aliphatic carbocycles. The van der Waals surface area contributed by atoms with E-state index in [1.54, 1.807) is 29.2 Å². The van der Waals surface area contributed by atoms with E-state index in [0.29, 0.717) is 43.3 Å². The van der Waals surface area contributed by atoms with Gasteiger partial charge in [0.05, 0.1) is 31.3 Å². The molecule has 4 rings (SSSR count). The van der Waals surface area contributed by atoms with E-state index < -0.39 is 5.60 Å². The van der Waals surface area contributed by atoms with Crippen LogP contribution in [-0.4, -0.2) is 72.1 Å². The minimum atomic E-state index is -0.397. The Hall–Kier alpha value is -2.43. The molecule has 29 heavy (non-hydrogen) atoms. The minimum Gasteiger partial charge on any atom is -0.368 e. The van der Waals surface area contributed by atoms with Crippen molar-refractivity contribution in [1.82, 2.24) is 15.1 Å². The number of morpholine rings is 1. The summed E-state index contributed by atoms with van der Waals surface area (Å²) >= 11 is 0. The van der Waals surface area contributed by atoms with Crippen LogP contribution >= 0.6 is 0 Å². The van der Waals surface area contributed by atoms with Crippen molar-refractivity contribution < 1.29 is 14.3 Å². The highest BCUT2D eigenvalue weighted by atomic mass is 16.5. The molecule has 1 spiro atoms. The van der Waals surface area contributed by atoms with Crippen LogP contribution in [0.3, 0.4) is 0 Å². The van der Waals surface area contributed by atoms with E-state index in [4.69, 9.17) is 10.00 Å². The Kier molecular flexibility index (Phi) is 5.32. The molecule has 2 saturated heterocycles. The average Bonchev–Trinajstić information content (AvgIpc) is 3.49. The van der Waals surface area contributed by atoms with Gasteiger partial charge >= 0.3 is 0 Å². The van der Waals surface area contributed by atoms with Crippen LogP contribution in [0.25, 0.3) is 0 Å². The van der Waals surface area contributed by atoms with E-state index in [1.807, 2.05) is 13.8 Å². The second-order valence-electron chi connectivity index (χ2n) is 8.90. The van der Waals surface area contributed by atoms with E-state index in [0.717, 1.165) is 6.54 Å². The van der Waals surface area contributed by atoms with Crippen molar-refractivity contribution in [2.24, 2.45) is 5.92 Å². The van der Waals surface area contributed by atoms with Crippen molar-refractivity contribution in [1.29, 1.82) is 5.26 Å². The van der Waals surface area contributed by atoms with Crippen molar-refractivity contribution in [3.05, 3.63) is 35.4 Å². The van der Waals surface area contributed by atoms with Crippen LogP contribution < -0.4 is 5.32 Å². The molecule has 1 saturated carbocycles. The maximum atomic E-state index is 12.8. The molecular weight excluding hydrogens is 368 g/mol. The molecule has 3 fully saturated rings. The summed E-state index contributed by atoms with van der Waals surface area (Å²) in [6.45, 7) is 6.90. The van der Waals surface area contributed by atoms with Gasteiger partial charge in [-0.15, -0.1) is 0 Å². The minimum absolute atomic E-state index is 0.0241. The molecule has 1 unspecified atom stereocenters. The number of likely N-dealkylation sites (tertiary alicyclic amines) is 1. The van der Waals surface area contributed by atoms with Gasteiger partial charge in [-0.1, -0.05) is 6.07 Å². The fraction of sp³-hybridized carbons (Fsp3) is 0.591. The smallest absolute Gasteiger partial charge is 0.254 e. The van der Waals surface area contributed by atoms with Crippen LogP contribution in [-0.2, 0) is 9.53 Å². The van der Waals surface area contributed by atoms with Gasteiger partial charge in [0.1, 0.15) is 11.6 Å². The Morgan fingerprint density at radius 3 is 2.72 bits per heavy atom. The van der Waals surface area contributed by atoms with E-state index in [9.17, 15) is 9.59 Å². The van der Waals surface area contributed by atoms with Crippen LogP contribution in [0.5, 0.6) is 0 Å². The molecule has 1 aromatic carbocycles. The van der Waals surface area contributed by atoms with Gasteiger partial charge < -0.3 is 15.0 Å². The molecule has 2 heterocycles. The van der Waals surface area contributed by atoms with Gasteiger partial charge in [0.25, 0.3) is 5.91 Å². The second kappa shape index (κ2) is 7.77. The third-order valence-corrected chi connectivity index (χ3v) is 5.89. The number of hydrogen-bond acceptors (Lipinski definition) is 5. The lowest BCUT2D eigenvalue weighted by atomic mass is 9.89. The first-order valence-electron chi connectivity index (χ1n) is 10.4. The van der Waals surface area contributed by atoms with Crippen molar-refractivity contribution in [3.8, 4) is 6.07 Å². The molecule has 7 nitrogen and oxygen atoms in total. The lowest BCUT2D eigenvalue weighted by Gasteiger charge is -2.55. The molecule has 2 amide bonds. The van der Waals surface area contributed by atoms with E-state index in [2.05, 4.69) is 16.3 Å².